The smallest absolute Gasteiger partial charge is 0.281 e. The van der Waals surface area contributed by atoms with Crippen molar-refractivity contribution in [2.45, 2.75) is 5.03 Å². The maximum absolute atomic E-state index is 13.7. The number of halogens is 1. The summed E-state index contributed by atoms with van der Waals surface area (Å²) in [4.78, 5) is 3.66. The van der Waals surface area contributed by atoms with Crippen molar-refractivity contribution < 1.29 is 12.8 Å². The third-order valence-corrected chi connectivity index (χ3v) is 3.74. The molecule has 0 unspecified atom stereocenters. The molecule has 2 rings (SSSR count). The summed E-state index contributed by atoms with van der Waals surface area (Å²) in [5, 5.41) is 8.23. The van der Waals surface area contributed by atoms with Crippen LogP contribution >= 0.6 is 0 Å². The Hall–Kier alpha value is -2.66. The molecule has 2 aromatic rings. The number of nitriles is 1. The fourth-order valence-corrected chi connectivity index (χ4v) is 2.62. The number of benzene rings is 1. The second-order valence-corrected chi connectivity index (χ2v) is 5.41. The van der Waals surface area contributed by atoms with Gasteiger partial charge in [-0.1, -0.05) is 0 Å². The van der Waals surface area contributed by atoms with Gasteiger partial charge in [0.2, 0.25) is 0 Å². The minimum absolute atomic E-state index is 0.0472. The van der Waals surface area contributed by atoms with Gasteiger partial charge in [0.1, 0.15) is 5.82 Å². The number of rotatable bonds is 3. The fourth-order valence-electron chi connectivity index (χ4n) is 1.49. The first-order valence-electron chi connectivity index (χ1n) is 5.37. The van der Waals surface area contributed by atoms with Crippen molar-refractivity contribution >= 4 is 21.4 Å². The Morgan fingerprint density at radius 3 is 2.70 bits per heavy atom. The minimum Gasteiger partial charge on any atom is -0.396 e. The number of sulfonamides is 1. The Balaban J connectivity index is 2.40. The molecule has 0 aliphatic rings. The van der Waals surface area contributed by atoms with Gasteiger partial charge in [-0.3, -0.25) is 4.72 Å². The molecule has 1 aromatic carbocycles. The second-order valence-electron chi connectivity index (χ2n) is 3.81. The van der Waals surface area contributed by atoms with Crippen molar-refractivity contribution in [3.05, 3.63) is 47.9 Å². The Kier molecular flexibility index (Phi) is 3.54. The lowest BCUT2D eigenvalue weighted by atomic mass is 10.2. The van der Waals surface area contributed by atoms with Crippen LogP contribution in [0.4, 0.5) is 15.8 Å². The molecule has 0 saturated carbocycles. The molecule has 0 fully saturated rings. The average molecular weight is 292 g/mol. The van der Waals surface area contributed by atoms with Crippen LogP contribution < -0.4 is 10.5 Å². The third kappa shape index (κ3) is 2.67. The van der Waals surface area contributed by atoms with Crippen LogP contribution in [0.1, 0.15) is 5.56 Å². The Morgan fingerprint density at radius 1 is 1.35 bits per heavy atom. The lowest BCUT2D eigenvalue weighted by Gasteiger charge is -2.09. The molecule has 6 nitrogen and oxygen atoms in total. The number of aromatic nitrogens is 1. The summed E-state index contributed by atoms with van der Waals surface area (Å²) in [6.07, 6.45) is 1.26. The highest BCUT2D eigenvalue weighted by molar-refractivity contribution is 7.92. The number of hydrogen-bond donors (Lipinski definition) is 2. The summed E-state index contributed by atoms with van der Waals surface area (Å²) in [6, 6.07) is 7.99. The van der Waals surface area contributed by atoms with Crippen molar-refractivity contribution in [2.75, 3.05) is 10.5 Å². The zero-order valence-corrected chi connectivity index (χ0v) is 10.9. The van der Waals surface area contributed by atoms with E-state index in [2.05, 4.69) is 4.98 Å². The number of nitrogens with one attached hydrogen (secondary N) is 1. The highest BCUT2D eigenvalue weighted by Gasteiger charge is 2.20. The van der Waals surface area contributed by atoms with Crippen LogP contribution in [0.5, 0.6) is 0 Å². The molecule has 0 aliphatic heterocycles. The van der Waals surface area contributed by atoms with Crippen LogP contribution in [0.2, 0.25) is 0 Å². The molecule has 0 bridgehead atoms. The van der Waals surface area contributed by atoms with Crippen LogP contribution in [-0.2, 0) is 10.0 Å². The molecular weight excluding hydrogens is 283 g/mol. The van der Waals surface area contributed by atoms with Crippen LogP contribution in [0, 0.1) is 17.1 Å². The van der Waals surface area contributed by atoms with E-state index in [-0.39, 0.29) is 22.0 Å². The summed E-state index contributed by atoms with van der Waals surface area (Å²) in [6.45, 7) is 0. The summed E-state index contributed by atoms with van der Waals surface area (Å²) >= 11 is 0. The van der Waals surface area contributed by atoms with E-state index in [9.17, 15) is 12.8 Å². The van der Waals surface area contributed by atoms with Gasteiger partial charge in [0.05, 0.1) is 23.0 Å². The van der Waals surface area contributed by atoms with Gasteiger partial charge in [0.15, 0.2) is 5.03 Å². The molecule has 0 spiro atoms. The highest BCUT2D eigenvalue weighted by Crippen LogP contribution is 2.21. The normalized spacial score (nSPS) is 10.8. The Bertz CT molecular complexity index is 799. The van der Waals surface area contributed by atoms with Crippen LogP contribution in [0.3, 0.4) is 0 Å². The number of pyridine rings is 1. The first kappa shape index (κ1) is 13.8. The molecule has 0 amide bonds. The molecule has 20 heavy (non-hydrogen) atoms. The zero-order valence-electron chi connectivity index (χ0n) is 10.0. The largest absolute Gasteiger partial charge is 0.396 e. The molecule has 3 N–H and O–H groups in total. The molecule has 102 valence electrons. The second kappa shape index (κ2) is 5.14. The van der Waals surface area contributed by atoms with E-state index in [1.807, 2.05) is 4.72 Å². The molecule has 8 heteroatoms. The van der Waals surface area contributed by atoms with Crippen molar-refractivity contribution in [1.29, 1.82) is 5.26 Å². The van der Waals surface area contributed by atoms with Crippen molar-refractivity contribution in [3.8, 4) is 6.07 Å². The molecule has 0 saturated heterocycles. The van der Waals surface area contributed by atoms with E-state index in [1.54, 1.807) is 6.07 Å². The van der Waals surface area contributed by atoms with E-state index < -0.39 is 15.8 Å². The maximum Gasteiger partial charge on any atom is 0.281 e. The SMILES string of the molecule is N#Cc1ccc(NS(=O)(=O)c2ncccc2N)c(F)c1. The number of nitrogen functional groups attached to an aromatic ring is 1. The zero-order chi connectivity index (χ0) is 14.8. The number of nitrogens with zero attached hydrogens (tertiary/aromatic N) is 2. The number of anilines is 2. The Labute approximate surface area is 114 Å². The average Bonchev–Trinajstić information content (AvgIpc) is 2.41. The van der Waals surface area contributed by atoms with E-state index in [0.29, 0.717) is 0 Å². The van der Waals surface area contributed by atoms with Gasteiger partial charge in [-0.05, 0) is 30.3 Å². The van der Waals surface area contributed by atoms with Gasteiger partial charge in [-0.25, -0.2) is 9.37 Å². The quantitative estimate of drug-likeness (QED) is 0.890. The van der Waals surface area contributed by atoms with Crippen molar-refractivity contribution in [2.24, 2.45) is 0 Å². The fraction of sp³-hybridized carbons (Fsp3) is 0. The number of nitrogens with two attached hydrogens (primary N) is 1. The van der Waals surface area contributed by atoms with Crippen molar-refractivity contribution in [1.82, 2.24) is 4.98 Å². The topological polar surface area (TPSA) is 109 Å². The summed E-state index contributed by atoms with van der Waals surface area (Å²) < 4.78 is 39.8. The third-order valence-electron chi connectivity index (χ3n) is 2.40. The van der Waals surface area contributed by atoms with E-state index in [0.717, 1.165) is 12.1 Å². The molecular formula is C12H9FN4O2S. The first-order valence-corrected chi connectivity index (χ1v) is 6.85. The molecule has 0 atom stereocenters. The first-order chi connectivity index (χ1) is 9.44. The highest BCUT2D eigenvalue weighted by atomic mass is 32.2. The van der Waals surface area contributed by atoms with Crippen LogP contribution in [0.15, 0.2) is 41.6 Å². The van der Waals surface area contributed by atoms with Gasteiger partial charge in [0, 0.05) is 6.20 Å². The monoisotopic (exact) mass is 292 g/mol. The lowest BCUT2D eigenvalue weighted by Crippen LogP contribution is -2.17. The summed E-state index contributed by atoms with van der Waals surface area (Å²) in [5.41, 5.74) is 5.28. The minimum atomic E-state index is -4.10. The van der Waals surface area contributed by atoms with Crippen LogP contribution in [0.25, 0.3) is 0 Å². The molecule has 0 radical (unpaired) electrons. The molecule has 1 heterocycles. The van der Waals surface area contributed by atoms with Gasteiger partial charge in [0.25, 0.3) is 10.0 Å². The Morgan fingerprint density at radius 2 is 2.10 bits per heavy atom. The summed E-state index contributed by atoms with van der Waals surface area (Å²) in [7, 11) is -4.10. The predicted molar refractivity (Wildman–Crippen MR) is 70.6 cm³/mol. The molecule has 0 aliphatic carbocycles. The van der Waals surface area contributed by atoms with Crippen molar-refractivity contribution in [3.63, 3.8) is 0 Å². The maximum atomic E-state index is 13.7. The van der Waals surface area contributed by atoms with Gasteiger partial charge in [-0.2, -0.15) is 13.7 Å². The van der Waals surface area contributed by atoms with E-state index in [4.69, 9.17) is 11.0 Å². The molecule has 1 aromatic heterocycles. The van der Waals surface area contributed by atoms with E-state index >= 15 is 0 Å². The lowest BCUT2D eigenvalue weighted by molar-refractivity contribution is 0.595. The summed E-state index contributed by atoms with van der Waals surface area (Å²) in [5.74, 6) is -0.859. The number of hydrogen-bond acceptors (Lipinski definition) is 5. The van der Waals surface area contributed by atoms with Crippen LogP contribution in [-0.4, -0.2) is 13.4 Å². The van der Waals surface area contributed by atoms with E-state index in [1.165, 1.54) is 24.4 Å². The standard InChI is InChI=1S/C12H9FN4O2S/c13-9-6-8(7-14)3-4-11(9)17-20(18,19)12-10(15)2-1-5-16-12/h1-6,17H,15H2. The van der Waals surface area contributed by atoms with Gasteiger partial charge in [-0.15, -0.1) is 0 Å². The predicted octanol–water partition coefficient (Wildman–Crippen LogP) is 1.48. The van der Waals surface area contributed by atoms with Gasteiger partial charge < -0.3 is 5.73 Å². The van der Waals surface area contributed by atoms with Gasteiger partial charge >= 0.3 is 0 Å².